The van der Waals surface area contributed by atoms with Gasteiger partial charge in [-0.1, -0.05) is 0 Å². The van der Waals surface area contributed by atoms with Gasteiger partial charge in [0.15, 0.2) is 0 Å². The van der Waals surface area contributed by atoms with Gasteiger partial charge in [0, 0.05) is 25.7 Å². The standard InChI is InChI=1S/C8H12O2.C5H5.C2H5.Ir/c9-7-3-1-4-8(10)6-2-5-7;1-2-4-5-3-1;1-2;/h1-6H2;1-3H,4H2;1H2,2H3;. The molecule has 0 saturated heterocycles. The van der Waals surface area contributed by atoms with Gasteiger partial charge in [0.25, 0.3) is 0 Å². The third-order valence-electron chi connectivity index (χ3n) is 2.80. The molecule has 103 valence electrons. The molecule has 0 atom stereocenters. The van der Waals surface area contributed by atoms with E-state index < -0.39 is 0 Å². The zero-order valence-electron chi connectivity index (χ0n) is 11.0. The van der Waals surface area contributed by atoms with Gasteiger partial charge in [-0.3, -0.25) is 9.59 Å². The topological polar surface area (TPSA) is 34.1 Å². The van der Waals surface area contributed by atoms with E-state index in [1.165, 1.54) is 11.4 Å². The van der Waals surface area contributed by atoms with Crippen molar-refractivity contribution < 1.29 is 27.3 Å². The van der Waals surface area contributed by atoms with Crippen LogP contribution in [0.1, 0.15) is 51.9 Å². The maximum Gasteiger partial charge on any atom is 0.132 e. The molecule has 1 saturated carbocycles. The van der Waals surface area contributed by atoms with E-state index in [9.17, 15) is 9.59 Å². The Morgan fingerprint density at radius 2 is 1.61 bits per heavy atom. The fraction of sp³-hybridized carbons (Fsp3) is 0.600. The van der Waals surface area contributed by atoms with Crippen LogP contribution < -0.4 is 0 Å². The second-order valence-electron chi connectivity index (χ2n) is 4.36. The Morgan fingerprint density at radius 3 is 2.00 bits per heavy atom. The van der Waals surface area contributed by atoms with Crippen molar-refractivity contribution in [2.45, 2.75) is 56.8 Å². The summed E-state index contributed by atoms with van der Waals surface area (Å²) in [6.07, 6.45) is 12.0. The SMILES string of the molecule is C[CH2][Ir][C]1=CC=CC1.O=C1CCCC(=O)CCC1. The second kappa shape index (κ2) is 9.41. The first-order valence-electron chi connectivity index (χ1n) is 6.65. The minimum Gasteiger partial charge on any atom is -0.300 e. The van der Waals surface area contributed by atoms with E-state index in [0.29, 0.717) is 54.9 Å². The van der Waals surface area contributed by atoms with Crippen LogP contribution in [0.5, 0.6) is 0 Å². The molecule has 18 heavy (non-hydrogen) atoms. The average Bonchev–Trinajstić information content (AvgIpc) is 2.81. The molecule has 0 aromatic carbocycles. The molecule has 0 amide bonds. The molecule has 3 heteroatoms. The molecule has 0 aromatic rings. The maximum atomic E-state index is 10.8. The van der Waals surface area contributed by atoms with Crippen molar-refractivity contribution in [3.8, 4) is 0 Å². The van der Waals surface area contributed by atoms with Crippen molar-refractivity contribution in [2.75, 3.05) is 0 Å². The summed E-state index contributed by atoms with van der Waals surface area (Å²) < 4.78 is 1.72. The van der Waals surface area contributed by atoms with Crippen LogP contribution in [0.2, 0.25) is 4.93 Å². The molecule has 2 aliphatic carbocycles. The van der Waals surface area contributed by atoms with Gasteiger partial charge >= 0.3 is 58.3 Å². The summed E-state index contributed by atoms with van der Waals surface area (Å²) in [4.78, 5) is 23.1. The monoisotopic (exact) mass is 427 g/mol. The summed E-state index contributed by atoms with van der Waals surface area (Å²) in [7, 11) is 0. The number of carbonyl (C=O) groups is 2. The zero-order chi connectivity index (χ0) is 13.2. The molecule has 0 heterocycles. The van der Waals surface area contributed by atoms with E-state index in [0.717, 1.165) is 12.8 Å². The average molecular weight is 427 g/mol. The van der Waals surface area contributed by atoms with E-state index >= 15 is 0 Å². The molecular weight excluding hydrogens is 404 g/mol. The van der Waals surface area contributed by atoms with E-state index in [1.807, 2.05) is 0 Å². The Kier molecular flexibility index (Phi) is 8.11. The summed E-state index contributed by atoms with van der Waals surface area (Å²) in [6, 6.07) is 0. The van der Waals surface area contributed by atoms with Crippen LogP contribution in [0.25, 0.3) is 0 Å². The molecule has 0 spiro atoms. The number of allylic oxidation sites excluding steroid dienone is 4. The third-order valence-corrected chi connectivity index (χ3v) is 5.62. The molecule has 2 rings (SSSR count). The van der Waals surface area contributed by atoms with Gasteiger partial charge in [-0.15, -0.1) is 0 Å². The van der Waals surface area contributed by atoms with Gasteiger partial charge < -0.3 is 0 Å². The van der Waals surface area contributed by atoms with Crippen LogP contribution in [0.15, 0.2) is 22.3 Å². The molecular formula is C15H22IrO2. The smallest absolute Gasteiger partial charge is 0.132 e. The number of hydrogen-bond donors (Lipinski definition) is 0. The molecule has 2 nitrogen and oxygen atoms in total. The summed E-state index contributed by atoms with van der Waals surface area (Å²) in [5.74, 6) is 0.653. The van der Waals surface area contributed by atoms with E-state index in [-0.39, 0.29) is 0 Å². The molecule has 0 unspecified atom stereocenters. The van der Waals surface area contributed by atoms with Crippen LogP contribution in [-0.4, -0.2) is 11.6 Å². The summed E-state index contributed by atoms with van der Waals surface area (Å²) in [5, 5.41) is 0. The quantitative estimate of drug-likeness (QED) is 0.673. The first-order valence-corrected chi connectivity index (χ1v) is 9.54. The van der Waals surface area contributed by atoms with Gasteiger partial charge in [0.1, 0.15) is 11.6 Å². The van der Waals surface area contributed by atoms with Crippen molar-refractivity contribution in [3.63, 3.8) is 0 Å². The van der Waals surface area contributed by atoms with Crippen LogP contribution in [0.3, 0.4) is 0 Å². The Bertz CT molecular complexity index is 312. The second-order valence-corrected chi connectivity index (χ2v) is 8.43. The molecule has 2 aliphatic rings. The van der Waals surface area contributed by atoms with Crippen LogP contribution in [-0.2, 0) is 27.3 Å². The molecule has 0 aliphatic heterocycles. The maximum absolute atomic E-state index is 10.8. The number of Topliss-reactive ketones (excluding diaryl/α,β-unsaturated/α-hetero) is 2. The third kappa shape index (κ3) is 7.03. The van der Waals surface area contributed by atoms with E-state index in [4.69, 9.17) is 0 Å². The fourth-order valence-corrected chi connectivity index (χ4v) is 4.09. The predicted molar refractivity (Wildman–Crippen MR) is 70.0 cm³/mol. The van der Waals surface area contributed by atoms with Crippen molar-refractivity contribution in [1.82, 2.24) is 0 Å². The minimum absolute atomic E-state index is 0.306. The molecule has 1 fully saturated rings. The molecule has 0 aromatic heterocycles. The van der Waals surface area contributed by atoms with E-state index in [1.54, 1.807) is 4.09 Å². The number of rotatable bonds is 2. The Hall–Kier alpha value is -0.531. The van der Waals surface area contributed by atoms with E-state index in [2.05, 4.69) is 25.2 Å². The first kappa shape index (κ1) is 15.5. The number of ketones is 2. The molecule has 0 radical (unpaired) electrons. The summed E-state index contributed by atoms with van der Waals surface area (Å²) in [6.45, 7) is 2.28. The number of carbonyl (C=O) groups excluding carboxylic acids is 2. The van der Waals surface area contributed by atoms with Crippen molar-refractivity contribution in [1.29, 1.82) is 0 Å². The van der Waals surface area contributed by atoms with Gasteiger partial charge in [-0.25, -0.2) is 0 Å². The molecule has 0 bridgehead atoms. The van der Waals surface area contributed by atoms with Gasteiger partial charge in [0.2, 0.25) is 0 Å². The number of hydrogen-bond acceptors (Lipinski definition) is 2. The van der Waals surface area contributed by atoms with Crippen LogP contribution >= 0.6 is 0 Å². The van der Waals surface area contributed by atoms with Gasteiger partial charge in [-0.05, 0) is 12.8 Å². The van der Waals surface area contributed by atoms with Gasteiger partial charge in [-0.2, -0.15) is 0 Å². The van der Waals surface area contributed by atoms with Crippen molar-refractivity contribution >= 4 is 11.6 Å². The summed E-state index contributed by atoms with van der Waals surface area (Å²) >= 11 is 0.306. The minimum atomic E-state index is 0.306. The normalized spacial score (nSPS) is 19.9. The Labute approximate surface area is 118 Å². The zero-order valence-corrected chi connectivity index (χ0v) is 13.4. The van der Waals surface area contributed by atoms with Crippen LogP contribution in [0.4, 0.5) is 0 Å². The first-order chi connectivity index (χ1) is 8.72. The van der Waals surface area contributed by atoms with Crippen molar-refractivity contribution in [3.05, 3.63) is 22.3 Å². The predicted octanol–water partition coefficient (Wildman–Crippen LogP) is 3.83. The van der Waals surface area contributed by atoms with Crippen LogP contribution in [0, 0.1) is 0 Å². The fourth-order valence-electron chi connectivity index (χ4n) is 1.87. The summed E-state index contributed by atoms with van der Waals surface area (Å²) in [5.41, 5.74) is 0. The Balaban J connectivity index is 0.000000184. The van der Waals surface area contributed by atoms with Crippen molar-refractivity contribution in [2.24, 2.45) is 0 Å². The Morgan fingerprint density at radius 1 is 1.06 bits per heavy atom. The largest absolute Gasteiger partial charge is 0.300 e. The van der Waals surface area contributed by atoms with Gasteiger partial charge in [0.05, 0.1) is 0 Å². The molecule has 0 N–H and O–H groups in total.